The Morgan fingerprint density at radius 1 is 1.27 bits per heavy atom. The molecular weight excluding hydrogens is 286 g/mol. The van der Waals surface area contributed by atoms with Crippen molar-refractivity contribution in [1.29, 1.82) is 0 Å². The van der Waals surface area contributed by atoms with Crippen LogP contribution in [0.1, 0.15) is 70.1 Å². The minimum Gasteiger partial charge on any atom is -0.368 e. The van der Waals surface area contributed by atoms with Gasteiger partial charge in [-0.1, -0.05) is 31.8 Å². The number of carbonyl (C=O) groups excluding carboxylic acids is 2. The first-order valence-corrected chi connectivity index (χ1v) is 7.56. The highest BCUT2D eigenvalue weighted by Crippen LogP contribution is 2.29. The van der Waals surface area contributed by atoms with E-state index in [2.05, 4.69) is 20.8 Å². The molecule has 1 aromatic heterocycles. The van der Waals surface area contributed by atoms with Gasteiger partial charge in [-0.25, -0.2) is 4.79 Å². The number of carbonyl (C=O) groups is 2. The van der Waals surface area contributed by atoms with Crippen LogP contribution in [-0.4, -0.2) is 27.6 Å². The van der Waals surface area contributed by atoms with Crippen molar-refractivity contribution >= 4 is 11.9 Å². The van der Waals surface area contributed by atoms with Crippen LogP contribution in [0.4, 0.5) is 4.79 Å². The zero-order valence-corrected chi connectivity index (χ0v) is 13.2. The summed E-state index contributed by atoms with van der Waals surface area (Å²) in [6.07, 6.45) is 2.89. The molecule has 0 saturated heterocycles. The van der Waals surface area contributed by atoms with Gasteiger partial charge in [0.15, 0.2) is 5.82 Å². The van der Waals surface area contributed by atoms with Crippen LogP contribution in [0.15, 0.2) is 4.52 Å². The molecule has 0 spiro atoms. The molecule has 0 radical (unpaired) electrons. The molecule has 122 valence electrons. The van der Waals surface area contributed by atoms with E-state index >= 15 is 0 Å². The fourth-order valence-corrected chi connectivity index (χ4v) is 2.58. The van der Waals surface area contributed by atoms with Crippen LogP contribution in [0.3, 0.4) is 0 Å². The van der Waals surface area contributed by atoms with Gasteiger partial charge in [0, 0.05) is 5.92 Å². The second kappa shape index (κ2) is 6.33. The van der Waals surface area contributed by atoms with Crippen molar-refractivity contribution in [3.63, 3.8) is 0 Å². The lowest BCUT2D eigenvalue weighted by Crippen LogP contribution is -2.58. The number of aromatic nitrogens is 2. The Balaban J connectivity index is 1.97. The van der Waals surface area contributed by atoms with Crippen molar-refractivity contribution in [3.05, 3.63) is 11.7 Å². The maximum atomic E-state index is 12.1. The topological polar surface area (TPSA) is 123 Å². The van der Waals surface area contributed by atoms with Crippen LogP contribution in [0, 0.1) is 0 Å². The predicted molar refractivity (Wildman–Crippen MR) is 78.9 cm³/mol. The molecule has 1 aromatic rings. The zero-order valence-electron chi connectivity index (χ0n) is 13.2. The molecule has 1 atom stereocenters. The summed E-state index contributed by atoms with van der Waals surface area (Å²) in [4.78, 5) is 28.0. The van der Waals surface area contributed by atoms with Crippen molar-refractivity contribution < 1.29 is 14.1 Å². The summed E-state index contributed by atoms with van der Waals surface area (Å²) in [7, 11) is 0. The van der Waals surface area contributed by atoms with E-state index in [0.717, 1.165) is 12.8 Å². The van der Waals surface area contributed by atoms with Gasteiger partial charge in [-0.2, -0.15) is 4.98 Å². The molecule has 1 aliphatic carbocycles. The van der Waals surface area contributed by atoms with Crippen molar-refractivity contribution in [2.45, 2.75) is 64.0 Å². The lowest BCUT2D eigenvalue weighted by atomic mass is 9.97. The Bertz CT molecular complexity index is 548. The average Bonchev–Trinajstić information content (AvgIpc) is 3.07. The minimum absolute atomic E-state index is 0.148. The molecule has 0 aliphatic heterocycles. The Kier molecular flexibility index (Phi) is 4.68. The van der Waals surface area contributed by atoms with Crippen molar-refractivity contribution in [1.82, 2.24) is 20.8 Å². The van der Waals surface area contributed by atoms with Crippen LogP contribution in [0.5, 0.6) is 0 Å². The van der Waals surface area contributed by atoms with Crippen LogP contribution in [0.2, 0.25) is 0 Å². The van der Waals surface area contributed by atoms with Gasteiger partial charge in [0.05, 0.1) is 0 Å². The van der Waals surface area contributed by atoms with E-state index in [0.29, 0.717) is 24.6 Å². The number of nitrogens with zero attached hydrogens (tertiary/aromatic N) is 2. The third kappa shape index (κ3) is 3.37. The van der Waals surface area contributed by atoms with Crippen molar-refractivity contribution in [2.24, 2.45) is 5.73 Å². The summed E-state index contributed by atoms with van der Waals surface area (Å²) in [5.74, 6) is 0.578. The molecule has 8 heteroatoms. The summed E-state index contributed by atoms with van der Waals surface area (Å²) in [6.45, 7) is 5.65. The maximum absolute atomic E-state index is 12.1. The molecule has 0 aromatic carbocycles. The third-order valence-corrected chi connectivity index (χ3v) is 3.97. The molecular formula is C14H23N5O3. The summed E-state index contributed by atoms with van der Waals surface area (Å²) in [5.41, 5.74) is 4.49. The Labute approximate surface area is 129 Å². The van der Waals surface area contributed by atoms with Crippen molar-refractivity contribution in [3.8, 4) is 0 Å². The van der Waals surface area contributed by atoms with Gasteiger partial charge in [-0.15, -0.1) is 0 Å². The van der Waals surface area contributed by atoms with E-state index in [1.54, 1.807) is 6.92 Å². The largest absolute Gasteiger partial charge is 0.368 e. The minimum atomic E-state index is -0.943. The highest BCUT2D eigenvalue weighted by molar-refractivity contribution is 5.90. The molecule has 1 saturated carbocycles. The predicted octanol–water partition coefficient (Wildman–Crippen LogP) is 1.35. The molecule has 1 aliphatic rings. The summed E-state index contributed by atoms with van der Waals surface area (Å²) >= 11 is 0. The quantitative estimate of drug-likeness (QED) is 0.757. The monoisotopic (exact) mass is 309 g/mol. The Hall–Kier alpha value is -2.12. The fraction of sp³-hybridized carbons (Fsp3) is 0.714. The molecule has 1 unspecified atom stereocenters. The lowest BCUT2D eigenvalue weighted by molar-refractivity contribution is -0.123. The van der Waals surface area contributed by atoms with Gasteiger partial charge < -0.3 is 20.9 Å². The van der Waals surface area contributed by atoms with E-state index in [1.807, 2.05) is 13.8 Å². The molecule has 22 heavy (non-hydrogen) atoms. The second-order valence-corrected chi connectivity index (χ2v) is 6.12. The number of primary amides is 1. The number of hydrogen-bond acceptors (Lipinski definition) is 5. The van der Waals surface area contributed by atoms with Gasteiger partial charge in [-0.05, 0) is 19.8 Å². The highest BCUT2D eigenvalue weighted by Gasteiger charge is 2.41. The summed E-state index contributed by atoms with van der Waals surface area (Å²) in [5, 5.41) is 9.27. The van der Waals surface area contributed by atoms with Crippen LogP contribution in [-0.2, 0) is 4.79 Å². The van der Waals surface area contributed by atoms with Gasteiger partial charge in [0.25, 0.3) is 0 Å². The number of nitrogens with two attached hydrogens (primary N) is 1. The van der Waals surface area contributed by atoms with Crippen LogP contribution >= 0.6 is 0 Å². The normalized spacial score (nSPS) is 18.2. The van der Waals surface area contributed by atoms with Crippen LogP contribution < -0.4 is 16.4 Å². The van der Waals surface area contributed by atoms with Crippen molar-refractivity contribution in [2.75, 3.05) is 0 Å². The van der Waals surface area contributed by atoms with E-state index in [9.17, 15) is 9.59 Å². The van der Waals surface area contributed by atoms with E-state index in [1.165, 1.54) is 0 Å². The highest BCUT2D eigenvalue weighted by atomic mass is 16.5. The standard InChI is InChI=1S/C14H23N5O3/c1-8(2)10-17-11(22-19-10)9(3)16-13(21)18-14(12(15)20)6-4-5-7-14/h8-9H,4-7H2,1-3H3,(H2,15,20)(H2,16,18,21). The van der Waals surface area contributed by atoms with Gasteiger partial charge in [0.1, 0.15) is 11.6 Å². The number of amides is 3. The van der Waals surface area contributed by atoms with E-state index < -0.39 is 23.5 Å². The van der Waals surface area contributed by atoms with Gasteiger partial charge in [-0.3, -0.25) is 4.79 Å². The third-order valence-electron chi connectivity index (χ3n) is 3.97. The number of nitrogens with one attached hydrogen (secondary N) is 2. The first-order chi connectivity index (χ1) is 10.3. The average molecular weight is 309 g/mol. The molecule has 1 heterocycles. The van der Waals surface area contributed by atoms with Crippen LogP contribution in [0.25, 0.3) is 0 Å². The summed E-state index contributed by atoms with van der Waals surface area (Å²) in [6, 6.07) is -0.913. The maximum Gasteiger partial charge on any atom is 0.316 e. The summed E-state index contributed by atoms with van der Waals surface area (Å²) < 4.78 is 5.14. The molecule has 8 nitrogen and oxygen atoms in total. The van der Waals surface area contributed by atoms with E-state index in [4.69, 9.17) is 10.3 Å². The Morgan fingerprint density at radius 3 is 2.41 bits per heavy atom. The second-order valence-electron chi connectivity index (χ2n) is 6.12. The lowest BCUT2D eigenvalue weighted by Gasteiger charge is -2.27. The van der Waals surface area contributed by atoms with E-state index in [-0.39, 0.29) is 5.92 Å². The molecule has 2 rings (SSSR count). The first-order valence-electron chi connectivity index (χ1n) is 7.56. The molecule has 4 N–H and O–H groups in total. The molecule has 3 amide bonds. The van der Waals surface area contributed by atoms with Gasteiger partial charge >= 0.3 is 6.03 Å². The fourth-order valence-electron chi connectivity index (χ4n) is 2.58. The zero-order chi connectivity index (χ0) is 16.3. The van der Waals surface area contributed by atoms with Gasteiger partial charge in [0.2, 0.25) is 11.8 Å². The first kappa shape index (κ1) is 16.3. The Morgan fingerprint density at radius 2 is 1.91 bits per heavy atom. The molecule has 1 fully saturated rings. The number of rotatable bonds is 5. The number of urea groups is 1. The SMILES string of the molecule is CC(C)c1noc(C(C)NC(=O)NC2(C(N)=O)CCCC2)n1. The smallest absolute Gasteiger partial charge is 0.316 e. The number of hydrogen-bond donors (Lipinski definition) is 3. The molecule has 0 bridgehead atoms.